The van der Waals surface area contributed by atoms with Crippen molar-refractivity contribution in [1.29, 1.82) is 0 Å². The molecule has 4 rings (SSSR count). The molecule has 1 aliphatic heterocycles. The topological polar surface area (TPSA) is 67.8 Å². The van der Waals surface area contributed by atoms with Gasteiger partial charge in [0.1, 0.15) is 18.5 Å². The molecule has 0 radical (unpaired) electrons. The van der Waals surface area contributed by atoms with Crippen molar-refractivity contribution in [2.24, 2.45) is 0 Å². The number of aromatic nitrogens is 1. The molecule has 0 aliphatic carbocycles. The molecule has 1 aliphatic rings. The standard InChI is InChI=1S/C28H30F4N4O3/c1-35-13-11-23(21(29)16-35)34-22-7-4-8-25-20(22)15-19(36(25)17-28(30,31)32)6-5-12-33-24-10-9-18(27(37)39-3)14-26(24)38-2/h4,7-10,14-15,21,23,33-34H,11-13,16-17H2,1-3H3. The van der Waals surface area contributed by atoms with Gasteiger partial charge in [0.2, 0.25) is 0 Å². The molecule has 1 aromatic heterocycles. The summed E-state index contributed by atoms with van der Waals surface area (Å²) >= 11 is 0. The van der Waals surface area contributed by atoms with Crippen LogP contribution in [0.15, 0.2) is 42.5 Å². The van der Waals surface area contributed by atoms with E-state index in [2.05, 4.69) is 22.5 Å². The van der Waals surface area contributed by atoms with Crippen LogP contribution in [0.5, 0.6) is 5.75 Å². The molecular weight excluding hydrogens is 516 g/mol. The van der Waals surface area contributed by atoms with Gasteiger partial charge in [0, 0.05) is 24.2 Å². The number of anilines is 2. The van der Waals surface area contributed by atoms with Crippen molar-refractivity contribution in [3.8, 4) is 17.6 Å². The molecule has 1 saturated heterocycles. The number of hydrogen-bond acceptors (Lipinski definition) is 6. The number of ether oxygens (including phenoxy) is 2. The second-order valence-corrected chi connectivity index (χ2v) is 9.35. The molecule has 3 aromatic rings. The number of hydrogen-bond donors (Lipinski definition) is 2. The fraction of sp³-hybridized carbons (Fsp3) is 0.393. The molecule has 0 spiro atoms. The number of likely N-dealkylation sites (tertiary alicyclic amines) is 1. The van der Waals surface area contributed by atoms with Crippen LogP contribution in [0.2, 0.25) is 0 Å². The molecule has 39 heavy (non-hydrogen) atoms. The monoisotopic (exact) mass is 546 g/mol. The summed E-state index contributed by atoms with van der Waals surface area (Å²) in [5, 5.41) is 6.81. The van der Waals surface area contributed by atoms with Gasteiger partial charge in [-0.1, -0.05) is 12.0 Å². The largest absolute Gasteiger partial charge is 0.495 e. The summed E-state index contributed by atoms with van der Waals surface area (Å²) in [6, 6.07) is 10.9. The van der Waals surface area contributed by atoms with Crippen LogP contribution in [-0.2, 0) is 11.3 Å². The van der Waals surface area contributed by atoms with Crippen molar-refractivity contribution in [3.05, 3.63) is 53.7 Å². The first-order chi connectivity index (χ1) is 18.6. The molecule has 0 amide bonds. The second kappa shape index (κ2) is 11.9. The molecule has 208 valence electrons. The number of nitrogens with zero attached hydrogens (tertiary/aromatic N) is 2. The van der Waals surface area contributed by atoms with E-state index in [-0.39, 0.29) is 12.2 Å². The number of alkyl halides is 4. The molecule has 1 fully saturated rings. The number of rotatable bonds is 7. The fourth-order valence-electron chi connectivity index (χ4n) is 4.64. The van der Waals surface area contributed by atoms with Crippen LogP contribution >= 0.6 is 0 Å². The van der Waals surface area contributed by atoms with Crippen LogP contribution in [0.4, 0.5) is 28.9 Å². The van der Waals surface area contributed by atoms with Crippen LogP contribution in [0, 0.1) is 11.8 Å². The van der Waals surface area contributed by atoms with Crippen LogP contribution in [0.25, 0.3) is 10.9 Å². The molecule has 2 aromatic carbocycles. The van der Waals surface area contributed by atoms with Gasteiger partial charge < -0.3 is 29.6 Å². The van der Waals surface area contributed by atoms with E-state index >= 15 is 0 Å². The number of carbonyl (C=O) groups is 1. The molecule has 2 N–H and O–H groups in total. The molecule has 2 heterocycles. The normalized spacial score (nSPS) is 17.8. The van der Waals surface area contributed by atoms with Gasteiger partial charge in [-0.05, 0) is 55.8 Å². The fourth-order valence-corrected chi connectivity index (χ4v) is 4.64. The van der Waals surface area contributed by atoms with E-state index in [1.807, 2.05) is 11.9 Å². The van der Waals surface area contributed by atoms with Gasteiger partial charge in [0.25, 0.3) is 0 Å². The third kappa shape index (κ3) is 6.75. The van der Waals surface area contributed by atoms with Crippen molar-refractivity contribution in [2.75, 3.05) is 51.5 Å². The highest BCUT2D eigenvalue weighted by Gasteiger charge is 2.31. The minimum absolute atomic E-state index is 0.103. The van der Waals surface area contributed by atoms with Gasteiger partial charge in [-0.3, -0.25) is 0 Å². The van der Waals surface area contributed by atoms with Crippen LogP contribution in [-0.4, -0.2) is 74.7 Å². The molecule has 0 saturated carbocycles. The zero-order chi connectivity index (χ0) is 28.2. The number of halogens is 4. The predicted octanol–water partition coefficient (Wildman–Crippen LogP) is 4.92. The van der Waals surface area contributed by atoms with E-state index in [0.717, 1.165) is 11.1 Å². The van der Waals surface area contributed by atoms with E-state index < -0.39 is 30.9 Å². The van der Waals surface area contributed by atoms with Crippen molar-refractivity contribution < 1.29 is 31.8 Å². The number of benzene rings is 2. The molecule has 2 unspecified atom stereocenters. The number of fused-ring (bicyclic) bond motifs is 1. The van der Waals surface area contributed by atoms with Gasteiger partial charge in [0.15, 0.2) is 0 Å². The quantitative estimate of drug-likeness (QED) is 0.249. The Morgan fingerprint density at radius 1 is 1.15 bits per heavy atom. The number of carbonyl (C=O) groups excluding carboxylic acids is 1. The SMILES string of the molecule is COC(=O)c1ccc(NCC#Cc2cc3c(NC4CCN(C)CC4F)cccc3n2CC(F)(F)F)c(OC)c1. The highest BCUT2D eigenvalue weighted by Crippen LogP contribution is 2.32. The van der Waals surface area contributed by atoms with Gasteiger partial charge in [0.05, 0.1) is 49.3 Å². The first kappa shape index (κ1) is 28.1. The predicted molar refractivity (Wildman–Crippen MR) is 142 cm³/mol. The summed E-state index contributed by atoms with van der Waals surface area (Å²) in [4.78, 5) is 13.7. The molecule has 0 bridgehead atoms. The molecular formula is C28H30F4N4O3. The van der Waals surface area contributed by atoms with Crippen molar-refractivity contribution in [1.82, 2.24) is 9.47 Å². The summed E-state index contributed by atoms with van der Waals surface area (Å²) < 4.78 is 66.3. The van der Waals surface area contributed by atoms with Gasteiger partial charge in [-0.25, -0.2) is 9.18 Å². The lowest BCUT2D eigenvalue weighted by Crippen LogP contribution is -2.46. The van der Waals surface area contributed by atoms with Crippen LogP contribution < -0.4 is 15.4 Å². The third-order valence-corrected chi connectivity index (χ3v) is 6.57. The van der Waals surface area contributed by atoms with Crippen LogP contribution in [0.3, 0.4) is 0 Å². The lowest BCUT2D eigenvalue weighted by Gasteiger charge is -2.33. The number of nitrogens with one attached hydrogen (secondary N) is 2. The zero-order valence-electron chi connectivity index (χ0n) is 21.9. The average molecular weight is 547 g/mol. The summed E-state index contributed by atoms with van der Waals surface area (Å²) in [5.74, 6) is 5.59. The number of methoxy groups -OCH3 is 2. The number of piperidine rings is 1. The number of esters is 1. The van der Waals surface area contributed by atoms with E-state index in [4.69, 9.17) is 9.47 Å². The highest BCUT2D eigenvalue weighted by atomic mass is 19.4. The molecule has 11 heteroatoms. The van der Waals surface area contributed by atoms with E-state index in [1.54, 1.807) is 36.4 Å². The Bertz CT molecular complexity index is 1390. The van der Waals surface area contributed by atoms with Gasteiger partial charge in [-0.15, -0.1) is 0 Å². The lowest BCUT2D eigenvalue weighted by atomic mass is 10.0. The Hall–Kier alpha value is -3.91. The average Bonchev–Trinajstić information content (AvgIpc) is 3.24. The smallest absolute Gasteiger partial charge is 0.406 e. The Morgan fingerprint density at radius 3 is 2.64 bits per heavy atom. The summed E-state index contributed by atoms with van der Waals surface area (Å²) in [5.41, 5.74) is 1.99. The van der Waals surface area contributed by atoms with E-state index in [0.29, 0.717) is 46.6 Å². The maximum atomic E-state index is 14.7. The highest BCUT2D eigenvalue weighted by molar-refractivity contribution is 5.94. The van der Waals surface area contributed by atoms with Gasteiger partial charge >= 0.3 is 12.1 Å². The second-order valence-electron chi connectivity index (χ2n) is 9.35. The maximum Gasteiger partial charge on any atom is 0.406 e. The maximum absolute atomic E-state index is 14.7. The molecule has 7 nitrogen and oxygen atoms in total. The van der Waals surface area contributed by atoms with Crippen molar-refractivity contribution >= 4 is 28.2 Å². The summed E-state index contributed by atoms with van der Waals surface area (Å²) in [6.45, 7) is -0.0857. The first-order valence-electron chi connectivity index (χ1n) is 12.4. The Kier molecular flexibility index (Phi) is 8.55. The summed E-state index contributed by atoms with van der Waals surface area (Å²) in [7, 11) is 4.58. The first-order valence-corrected chi connectivity index (χ1v) is 12.4. The lowest BCUT2D eigenvalue weighted by molar-refractivity contribution is -0.140. The van der Waals surface area contributed by atoms with Crippen molar-refractivity contribution in [3.63, 3.8) is 0 Å². The van der Waals surface area contributed by atoms with E-state index in [9.17, 15) is 22.4 Å². The minimum atomic E-state index is -4.46. The third-order valence-electron chi connectivity index (χ3n) is 6.57. The Morgan fingerprint density at radius 2 is 1.95 bits per heavy atom. The Labute approximate surface area is 224 Å². The van der Waals surface area contributed by atoms with E-state index in [1.165, 1.54) is 20.3 Å². The van der Waals surface area contributed by atoms with Gasteiger partial charge in [-0.2, -0.15) is 13.2 Å². The zero-order valence-corrected chi connectivity index (χ0v) is 21.9. The van der Waals surface area contributed by atoms with Crippen LogP contribution in [0.1, 0.15) is 22.5 Å². The minimum Gasteiger partial charge on any atom is -0.495 e. The van der Waals surface area contributed by atoms with Crippen molar-refractivity contribution in [2.45, 2.75) is 31.4 Å². The Balaban J connectivity index is 1.59. The molecule has 2 atom stereocenters. The summed E-state index contributed by atoms with van der Waals surface area (Å²) in [6.07, 6.45) is -4.98.